The van der Waals surface area contributed by atoms with Gasteiger partial charge in [0.1, 0.15) is 0 Å². The van der Waals surface area contributed by atoms with Gasteiger partial charge in [0.2, 0.25) is 0 Å². The normalized spacial score (nSPS) is 19.8. The zero-order valence-corrected chi connectivity index (χ0v) is 12.3. The van der Waals surface area contributed by atoms with Crippen LogP contribution in [0.1, 0.15) is 21.5 Å². The molecule has 0 aliphatic heterocycles. The van der Waals surface area contributed by atoms with Gasteiger partial charge < -0.3 is 0 Å². The smallest absolute Gasteiger partial charge is 0.157 e. The van der Waals surface area contributed by atoms with Crippen LogP contribution in [0.2, 0.25) is 0 Å². The second kappa shape index (κ2) is 4.04. The Morgan fingerprint density at radius 3 is 2.74 bits per heavy atom. The third kappa shape index (κ3) is 1.62. The molecule has 0 radical (unpaired) electrons. The van der Waals surface area contributed by atoms with Gasteiger partial charge in [-0.1, -0.05) is 65.1 Å². The number of hydrogen-bond donors (Lipinski definition) is 0. The number of alkyl halides is 1. The van der Waals surface area contributed by atoms with E-state index in [0.717, 1.165) is 5.22 Å². The molecule has 19 heavy (non-hydrogen) atoms. The van der Waals surface area contributed by atoms with Crippen molar-refractivity contribution in [2.45, 2.75) is 10.3 Å². The lowest BCUT2D eigenvalue weighted by Gasteiger charge is -2.18. The maximum Gasteiger partial charge on any atom is 0.157 e. The van der Waals surface area contributed by atoms with Gasteiger partial charge in [-0.3, -0.25) is 4.79 Å². The average molecular weight is 358 g/mol. The van der Waals surface area contributed by atoms with Crippen molar-refractivity contribution in [2.24, 2.45) is 0 Å². The van der Waals surface area contributed by atoms with Gasteiger partial charge in [-0.05, 0) is 38.4 Å². The molecule has 92 valence electrons. The third-order valence-corrected chi connectivity index (χ3v) is 4.96. The molecule has 2 aromatic carbocycles. The fourth-order valence-corrected chi connectivity index (χ4v) is 4.18. The van der Waals surface area contributed by atoms with Crippen molar-refractivity contribution >= 4 is 57.4 Å². The maximum atomic E-state index is 11.7. The Bertz CT molecular complexity index is 874. The Balaban J connectivity index is 2.20. The van der Waals surface area contributed by atoms with Gasteiger partial charge >= 0.3 is 0 Å². The molecule has 0 amide bonds. The molecule has 0 spiro atoms. The van der Waals surface area contributed by atoms with Crippen molar-refractivity contribution < 1.29 is 4.79 Å². The van der Waals surface area contributed by atoms with E-state index in [1.54, 1.807) is 6.08 Å². The summed E-state index contributed by atoms with van der Waals surface area (Å²) in [6, 6.07) is 8.62. The van der Waals surface area contributed by atoms with Crippen LogP contribution in [0.15, 0.2) is 30.3 Å². The maximum absolute atomic E-state index is 11.7. The summed E-state index contributed by atoms with van der Waals surface area (Å²) in [5, 5.41) is 4.97. The minimum Gasteiger partial charge on any atom is -0.295 e. The molecule has 0 saturated heterocycles. The van der Waals surface area contributed by atoms with E-state index in [4.69, 9.17) is 0 Å². The van der Waals surface area contributed by atoms with Crippen molar-refractivity contribution in [3.63, 3.8) is 0 Å². The van der Waals surface area contributed by atoms with Gasteiger partial charge in [-0.2, -0.15) is 0 Å². The number of halogens is 1. The summed E-state index contributed by atoms with van der Waals surface area (Å²) in [6.45, 7) is 0. The minimum atomic E-state index is 0.237. The van der Waals surface area contributed by atoms with Crippen LogP contribution in [-0.2, 0) is 4.79 Å². The first-order valence-electron chi connectivity index (χ1n) is 6.37. The van der Waals surface area contributed by atoms with E-state index in [1.165, 1.54) is 27.1 Å². The molecule has 0 heterocycles. The molecule has 1 unspecified atom stereocenters. The molecule has 4 rings (SSSR count). The topological polar surface area (TPSA) is 17.1 Å². The SMILES string of the molecule is O=C1C=c2ccc3c4c(ccc3c2C(I)C1)=CC=C4. The van der Waals surface area contributed by atoms with Gasteiger partial charge in [0.05, 0.1) is 0 Å². The highest BCUT2D eigenvalue weighted by Crippen LogP contribution is 2.33. The summed E-state index contributed by atoms with van der Waals surface area (Å²) in [4.78, 5) is 11.7. The van der Waals surface area contributed by atoms with Crippen molar-refractivity contribution in [1.82, 2.24) is 0 Å². The Kier molecular flexibility index (Phi) is 2.42. The van der Waals surface area contributed by atoms with E-state index < -0.39 is 0 Å². The zero-order valence-electron chi connectivity index (χ0n) is 10.2. The first-order chi connectivity index (χ1) is 9.24. The molecule has 2 aliphatic rings. The summed E-state index contributed by atoms with van der Waals surface area (Å²) in [6.07, 6.45) is 8.82. The van der Waals surface area contributed by atoms with Gasteiger partial charge in [-0.15, -0.1) is 0 Å². The van der Waals surface area contributed by atoms with Gasteiger partial charge in [0.25, 0.3) is 0 Å². The second-order valence-electron chi connectivity index (χ2n) is 5.04. The Morgan fingerprint density at radius 2 is 1.84 bits per heavy atom. The largest absolute Gasteiger partial charge is 0.295 e. The lowest BCUT2D eigenvalue weighted by molar-refractivity contribution is -0.113. The molecule has 1 atom stereocenters. The van der Waals surface area contributed by atoms with Crippen molar-refractivity contribution in [2.75, 3.05) is 0 Å². The van der Waals surface area contributed by atoms with E-state index in [2.05, 4.69) is 65.1 Å². The molecule has 2 aliphatic carbocycles. The Hall–Kier alpha value is -1.42. The number of carbonyl (C=O) groups excluding carboxylic acids is 1. The highest BCUT2D eigenvalue weighted by molar-refractivity contribution is 14.1. The number of hydrogen-bond acceptors (Lipinski definition) is 1. The van der Waals surface area contributed by atoms with Crippen molar-refractivity contribution in [1.29, 1.82) is 0 Å². The molecule has 0 bridgehead atoms. The van der Waals surface area contributed by atoms with Gasteiger partial charge in [0, 0.05) is 10.3 Å². The quantitative estimate of drug-likeness (QED) is 0.523. The highest BCUT2D eigenvalue weighted by Gasteiger charge is 2.20. The summed E-state index contributed by atoms with van der Waals surface area (Å²) in [5.74, 6) is 0.237. The van der Waals surface area contributed by atoms with E-state index >= 15 is 0 Å². The molecule has 0 saturated carbocycles. The summed E-state index contributed by atoms with van der Waals surface area (Å²) >= 11 is 2.39. The van der Waals surface area contributed by atoms with Crippen LogP contribution in [0, 0.1) is 0 Å². The van der Waals surface area contributed by atoms with E-state index in [1.807, 2.05) is 0 Å². The number of ketones is 1. The molecule has 1 nitrogen and oxygen atoms in total. The van der Waals surface area contributed by atoms with Crippen LogP contribution in [-0.4, -0.2) is 5.78 Å². The number of Topliss-reactive ketones (excluding diaryl/α,β-unsaturated/α-hetero) is 1. The van der Waals surface area contributed by atoms with Crippen LogP contribution in [0.25, 0.3) is 29.0 Å². The second-order valence-corrected chi connectivity index (χ2v) is 6.54. The van der Waals surface area contributed by atoms with Crippen LogP contribution >= 0.6 is 22.6 Å². The number of fused-ring (bicyclic) bond motifs is 5. The predicted molar refractivity (Wildman–Crippen MR) is 87.5 cm³/mol. The van der Waals surface area contributed by atoms with Gasteiger partial charge in [-0.25, -0.2) is 0 Å². The number of rotatable bonds is 0. The molecule has 2 aromatic rings. The Labute approximate surface area is 124 Å². The lowest BCUT2D eigenvalue weighted by Crippen LogP contribution is -2.21. The molecule has 2 heteroatoms. The monoisotopic (exact) mass is 358 g/mol. The fourth-order valence-electron chi connectivity index (χ4n) is 3.05. The van der Waals surface area contributed by atoms with Crippen LogP contribution in [0.3, 0.4) is 0 Å². The molecule has 0 aromatic heterocycles. The van der Waals surface area contributed by atoms with Crippen LogP contribution < -0.4 is 10.4 Å². The minimum absolute atomic E-state index is 0.237. The fraction of sp³-hybridized carbons (Fsp3) is 0.118. The standard InChI is InChI=1S/C17H11IO/c18-16-9-12(19)8-11-5-6-14-13-3-1-2-10(13)4-7-15(14)17(11)16/h1-8,16H,9H2. The molecule has 0 fully saturated rings. The average Bonchev–Trinajstić information content (AvgIpc) is 2.85. The first kappa shape index (κ1) is 11.4. The highest BCUT2D eigenvalue weighted by atomic mass is 127. The number of allylic oxidation sites excluding steroid dienone is 1. The van der Waals surface area contributed by atoms with E-state index in [0.29, 0.717) is 6.42 Å². The summed E-state index contributed by atoms with van der Waals surface area (Å²) in [7, 11) is 0. The van der Waals surface area contributed by atoms with Crippen LogP contribution in [0.5, 0.6) is 0 Å². The Morgan fingerprint density at radius 1 is 1.05 bits per heavy atom. The van der Waals surface area contributed by atoms with Crippen molar-refractivity contribution in [3.8, 4) is 0 Å². The number of benzene rings is 2. The zero-order chi connectivity index (χ0) is 13.0. The lowest BCUT2D eigenvalue weighted by atomic mass is 9.91. The predicted octanol–water partition coefficient (Wildman–Crippen LogP) is 2.88. The van der Waals surface area contributed by atoms with Gasteiger partial charge in [0.15, 0.2) is 5.78 Å². The van der Waals surface area contributed by atoms with E-state index in [9.17, 15) is 4.79 Å². The molecule has 0 N–H and O–H groups in total. The van der Waals surface area contributed by atoms with Crippen molar-refractivity contribution in [3.05, 3.63) is 51.9 Å². The van der Waals surface area contributed by atoms with Crippen LogP contribution in [0.4, 0.5) is 0 Å². The summed E-state index contributed by atoms with van der Waals surface area (Å²) in [5.41, 5.74) is 2.63. The number of carbonyl (C=O) groups is 1. The third-order valence-electron chi connectivity index (χ3n) is 3.90. The first-order valence-corrected chi connectivity index (χ1v) is 7.61. The molecular formula is C17H11IO. The summed E-state index contributed by atoms with van der Waals surface area (Å²) < 4.78 is 0.279. The molecular weight excluding hydrogens is 347 g/mol. The van der Waals surface area contributed by atoms with E-state index in [-0.39, 0.29) is 9.71 Å².